The van der Waals surface area contributed by atoms with E-state index in [4.69, 9.17) is 0 Å². The van der Waals surface area contributed by atoms with Crippen LogP contribution in [0.4, 0.5) is 10.3 Å². The molecule has 4 heterocycles. The molecule has 0 unspecified atom stereocenters. The summed E-state index contributed by atoms with van der Waals surface area (Å²) < 4.78 is 16.0. The van der Waals surface area contributed by atoms with E-state index in [1.54, 1.807) is 16.8 Å². The quantitative estimate of drug-likeness (QED) is 0.535. The van der Waals surface area contributed by atoms with Crippen LogP contribution in [-0.4, -0.2) is 30.4 Å². The Kier molecular flexibility index (Phi) is 4.22. The number of nitrogens with one attached hydrogen (secondary N) is 2. The first-order chi connectivity index (χ1) is 13.7. The van der Waals surface area contributed by atoms with E-state index in [1.165, 1.54) is 38.2 Å². The van der Waals surface area contributed by atoms with Crippen LogP contribution < -0.4 is 5.32 Å². The molecule has 0 atom stereocenters. The van der Waals surface area contributed by atoms with Crippen LogP contribution in [-0.2, 0) is 0 Å². The van der Waals surface area contributed by atoms with Gasteiger partial charge in [-0.3, -0.25) is 0 Å². The molecule has 1 aliphatic rings. The Morgan fingerprint density at radius 2 is 2.11 bits per heavy atom. The number of hydrogen-bond donors (Lipinski definition) is 2. The number of halogens is 1. The lowest BCUT2D eigenvalue weighted by atomic mass is 9.85. The topological polar surface area (TPSA) is 70.9 Å². The van der Waals surface area contributed by atoms with Crippen molar-refractivity contribution in [1.82, 2.24) is 24.3 Å². The Balaban J connectivity index is 1.42. The second-order valence-electron chi connectivity index (χ2n) is 7.66. The highest BCUT2D eigenvalue weighted by Crippen LogP contribution is 2.30. The van der Waals surface area contributed by atoms with Crippen LogP contribution in [0.15, 0.2) is 37.1 Å². The lowest BCUT2D eigenvalue weighted by molar-refractivity contribution is 0.329. The first kappa shape index (κ1) is 17.2. The minimum Gasteiger partial charge on any atom is -0.351 e. The van der Waals surface area contributed by atoms with E-state index in [-0.39, 0.29) is 5.82 Å². The summed E-state index contributed by atoms with van der Waals surface area (Å²) in [6, 6.07) is 1.94. The van der Waals surface area contributed by atoms with Gasteiger partial charge in [0.2, 0.25) is 5.95 Å². The number of rotatable bonds is 4. The smallest absolute Gasteiger partial charge is 0.224 e. The van der Waals surface area contributed by atoms with Crippen LogP contribution in [0.2, 0.25) is 0 Å². The Morgan fingerprint density at radius 1 is 1.25 bits per heavy atom. The predicted molar refractivity (Wildman–Crippen MR) is 108 cm³/mol. The molecule has 7 heteroatoms. The largest absolute Gasteiger partial charge is 0.351 e. The molecule has 144 valence electrons. The van der Waals surface area contributed by atoms with Crippen LogP contribution >= 0.6 is 0 Å². The lowest BCUT2D eigenvalue weighted by Crippen LogP contribution is -2.26. The molecule has 1 fully saturated rings. The number of H-pyrrole nitrogens is 1. The Bertz CT molecular complexity index is 1120. The fourth-order valence-corrected chi connectivity index (χ4v) is 4.25. The van der Waals surface area contributed by atoms with Gasteiger partial charge < -0.3 is 14.7 Å². The van der Waals surface area contributed by atoms with Crippen molar-refractivity contribution in [3.63, 3.8) is 0 Å². The summed E-state index contributed by atoms with van der Waals surface area (Å²) in [6.07, 6.45) is 15.0. The molecule has 2 N–H and O–H groups in total. The van der Waals surface area contributed by atoms with E-state index in [0.717, 1.165) is 28.1 Å². The molecule has 1 saturated carbocycles. The van der Waals surface area contributed by atoms with Gasteiger partial charge in [-0.15, -0.1) is 0 Å². The molecule has 0 bridgehead atoms. The minimum absolute atomic E-state index is 0.323. The monoisotopic (exact) mass is 378 g/mol. The summed E-state index contributed by atoms with van der Waals surface area (Å²) in [6.45, 7) is 2.27. The fraction of sp³-hybridized carbons (Fsp3) is 0.381. The molecular weight excluding hydrogens is 355 g/mol. The van der Waals surface area contributed by atoms with Crippen molar-refractivity contribution in [1.29, 1.82) is 0 Å². The maximum atomic E-state index is 14.3. The number of anilines is 1. The normalized spacial score (nSPS) is 20.1. The molecule has 0 spiro atoms. The average Bonchev–Trinajstić information content (AvgIpc) is 3.35. The zero-order valence-electron chi connectivity index (χ0n) is 15.8. The van der Waals surface area contributed by atoms with Gasteiger partial charge in [0, 0.05) is 53.5 Å². The summed E-state index contributed by atoms with van der Waals surface area (Å²) in [5.41, 5.74) is 2.71. The van der Waals surface area contributed by atoms with E-state index in [1.807, 2.05) is 18.6 Å². The SMILES string of the molecule is CCC1CCC(Nc2ncc3c(-c4cc(F)c5nccn5c4)c[nH]c3n2)CC1. The summed E-state index contributed by atoms with van der Waals surface area (Å²) >= 11 is 0. The van der Waals surface area contributed by atoms with Crippen LogP contribution in [0.1, 0.15) is 39.0 Å². The van der Waals surface area contributed by atoms with Gasteiger partial charge in [0.1, 0.15) is 5.65 Å². The molecule has 0 aromatic carbocycles. The first-order valence-electron chi connectivity index (χ1n) is 9.94. The van der Waals surface area contributed by atoms with Crippen LogP contribution in [0.3, 0.4) is 0 Å². The van der Waals surface area contributed by atoms with E-state index < -0.39 is 0 Å². The Morgan fingerprint density at radius 3 is 2.93 bits per heavy atom. The van der Waals surface area contributed by atoms with Crippen molar-refractivity contribution in [2.45, 2.75) is 45.1 Å². The zero-order valence-corrected chi connectivity index (χ0v) is 15.8. The van der Waals surface area contributed by atoms with Gasteiger partial charge in [0.15, 0.2) is 11.5 Å². The molecule has 1 aliphatic carbocycles. The molecule has 0 aliphatic heterocycles. The third kappa shape index (κ3) is 3.00. The zero-order chi connectivity index (χ0) is 19.1. The van der Waals surface area contributed by atoms with Gasteiger partial charge in [-0.05, 0) is 37.7 Å². The number of hydrogen-bond acceptors (Lipinski definition) is 4. The highest BCUT2D eigenvalue weighted by atomic mass is 19.1. The van der Waals surface area contributed by atoms with Crippen molar-refractivity contribution in [2.24, 2.45) is 5.92 Å². The predicted octanol–water partition coefficient (Wildman–Crippen LogP) is 4.79. The molecule has 5 rings (SSSR count). The van der Waals surface area contributed by atoms with Crippen molar-refractivity contribution < 1.29 is 4.39 Å². The molecule has 0 saturated heterocycles. The van der Waals surface area contributed by atoms with Gasteiger partial charge in [0.05, 0.1) is 0 Å². The van der Waals surface area contributed by atoms with Crippen molar-refractivity contribution >= 4 is 22.6 Å². The van der Waals surface area contributed by atoms with Crippen LogP contribution in [0.5, 0.6) is 0 Å². The highest BCUT2D eigenvalue weighted by molar-refractivity contribution is 5.93. The molecule has 4 aromatic heterocycles. The van der Waals surface area contributed by atoms with Gasteiger partial charge in [0.25, 0.3) is 0 Å². The van der Waals surface area contributed by atoms with Gasteiger partial charge in [-0.25, -0.2) is 14.4 Å². The standard InChI is InChI=1S/C21H23FN6/c1-2-13-3-5-15(6-4-13)26-21-25-11-17-16(10-24-19(17)27-21)14-9-18(22)20-23-7-8-28(20)12-14/h7-13,15H,2-6H2,1H3,(H2,24,25,26,27). The average molecular weight is 378 g/mol. The van der Waals surface area contributed by atoms with Gasteiger partial charge >= 0.3 is 0 Å². The molecule has 0 radical (unpaired) electrons. The first-order valence-corrected chi connectivity index (χ1v) is 9.94. The summed E-state index contributed by atoms with van der Waals surface area (Å²) in [5.74, 6) is 1.16. The van der Waals surface area contributed by atoms with Gasteiger partial charge in [-0.1, -0.05) is 13.3 Å². The van der Waals surface area contributed by atoms with E-state index >= 15 is 0 Å². The summed E-state index contributed by atoms with van der Waals surface area (Å²) in [5, 5.41) is 4.36. The fourth-order valence-electron chi connectivity index (χ4n) is 4.25. The van der Waals surface area contributed by atoms with Gasteiger partial charge in [-0.2, -0.15) is 4.98 Å². The number of pyridine rings is 1. The summed E-state index contributed by atoms with van der Waals surface area (Å²) in [7, 11) is 0. The van der Waals surface area contributed by atoms with Crippen LogP contribution in [0, 0.1) is 11.7 Å². The number of aromatic amines is 1. The summed E-state index contributed by atoms with van der Waals surface area (Å²) in [4.78, 5) is 16.4. The second-order valence-corrected chi connectivity index (χ2v) is 7.66. The van der Waals surface area contributed by atoms with Crippen LogP contribution in [0.25, 0.3) is 27.8 Å². The number of nitrogens with zero attached hydrogens (tertiary/aromatic N) is 4. The third-order valence-corrected chi connectivity index (χ3v) is 5.94. The Labute approximate surface area is 162 Å². The highest BCUT2D eigenvalue weighted by Gasteiger charge is 2.21. The van der Waals surface area contributed by atoms with E-state index in [2.05, 4.69) is 32.2 Å². The third-order valence-electron chi connectivity index (χ3n) is 5.94. The molecule has 28 heavy (non-hydrogen) atoms. The van der Waals surface area contributed by atoms with Crippen molar-refractivity contribution in [3.05, 3.63) is 42.9 Å². The van der Waals surface area contributed by atoms with E-state index in [0.29, 0.717) is 17.6 Å². The van der Waals surface area contributed by atoms with E-state index in [9.17, 15) is 4.39 Å². The molecule has 4 aromatic rings. The Hall–Kier alpha value is -2.96. The number of aromatic nitrogens is 5. The maximum absolute atomic E-state index is 14.3. The number of imidazole rings is 1. The number of fused-ring (bicyclic) bond motifs is 2. The molecule has 6 nitrogen and oxygen atoms in total. The second kappa shape index (κ2) is 6.89. The van der Waals surface area contributed by atoms with Crippen molar-refractivity contribution in [2.75, 3.05) is 5.32 Å². The molecular formula is C21H23FN6. The maximum Gasteiger partial charge on any atom is 0.224 e. The lowest BCUT2D eigenvalue weighted by Gasteiger charge is -2.28. The van der Waals surface area contributed by atoms with Crippen molar-refractivity contribution in [3.8, 4) is 11.1 Å². The minimum atomic E-state index is -0.348. The molecule has 0 amide bonds.